The van der Waals surface area contributed by atoms with Crippen molar-refractivity contribution >= 4 is 33.5 Å². The van der Waals surface area contributed by atoms with Crippen LogP contribution in [-0.2, 0) is 7.05 Å². The predicted octanol–water partition coefficient (Wildman–Crippen LogP) is 2.85. The zero-order valence-corrected chi connectivity index (χ0v) is 19.4. The van der Waals surface area contributed by atoms with Crippen molar-refractivity contribution in [3.63, 3.8) is 0 Å². The van der Waals surface area contributed by atoms with Gasteiger partial charge in [0.1, 0.15) is 11.4 Å². The number of fused-ring (bicyclic) bond motifs is 2. The molecule has 1 fully saturated rings. The molecule has 0 aliphatic carbocycles. The Morgan fingerprint density at radius 3 is 2.82 bits per heavy atom. The standard InChI is InChI=1S/C25H28N6O2/c1-16-11-23(19-13-26-9-7-20(19)27-16)31-10-8-25(33,15-31)14-29(3)24(32)18-5-6-22-21(12-18)28-17(2)30(22)4/h5-7,9,11-13,33H,8,10,14-15H2,1-4H3. The summed E-state index contributed by atoms with van der Waals surface area (Å²) in [5.41, 5.74) is 4.20. The van der Waals surface area contributed by atoms with Crippen molar-refractivity contribution in [2.75, 3.05) is 31.6 Å². The van der Waals surface area contributed by atoms with Crippen molar-refractivity contribution < 1.29 is 9.90 Å². The molecule has 1 N–H and O–H groups in total. The maximum Gasteiger partial charge on any atom is 0.253 e. The van der Waals surface area contributed by atoms with Gasteiger partial charge >= 0.3 is 0 Å². The molecule has 33 heavy (non-hydrogen) atoms. The van der Waals surface area contributed by atoms with Gasteiger partial charge in [-0.05, 0) is 50.6 Å². The lowest BCUT2D eigenvalue weighted by Gasteiger charge is -2.29. The van der Waals surface area contributed by atoms with Crippen LogP contribution in [0, 0.1) is 13.8 Å². The van der Waals surface area contributed by atoms with Crippen molar-refractivity contribution in [2.45, 2.75) is 25.9 Å². The quantitative estimate of drug-likeness (QED) is 0.521. The van der Waals surface area contributed by atoms with E-state index in [0.29, 0.717) is 25.1 Å². The monoisotopic (exact) mass is 444 g/mol. The van der Waals surface area contributed by atoms with Gasteiger partial charge in [-0.2, -0.15) is 0 Å². The van der Waals surface area contributed by atoms with E-state index < -0.39 is 5.60 Å². The summed E-state index contributed by atoms with van der Waals surface area (Å²) < 4.78 is 2.00. The van der Waals surface area contributed by atoms with Gasteiger partial charge < -0.3 is 19.5 Å². The van der Waals surface area contributed by atoms with Gasteiger partial charge in [-0.1, -0.05) is 0 Å². The predicted molar refractivity (Wildman–Crippen MR) is 128 cm³/mol. The number of aryl methyl sites for hydroxylation is 3. The number of nitrogens with zero attached hydrogens (tertiary/aromatic N) is 6. The summed E-state index contributed by atoms with van der Waals surface area (Å²) in [6.45, 7) is 5.31. The molecule has 3 aromatic heterocycles. The zero-order chi connectivity index (χ0) is 23.3. The van der Waals surface area contributed by atoms with E-state index in [1.807, 2.05) is 62.0 Å². The third-order valence-corrected chi connectivity index (χ3v) is 6.62. The van der Waals surface area contributed by atoms with E-state index in [1.54, 1.807) is 18.1 Å². The van der Waals surface area contributed by atoms with E-state index in [0.717, 1.165) is 39.1 Å². The van der Waals surface area contributed by atoms with Gasteiger partial charge in [-0.3, -0.25) is 14.8 Å². The third kappa shape index (κ3) is 3.80. The van der Waals surface area contributed by atoms with E-state index in [2.05, 4.69) is 19.9 Å². The number of hydrogen-bond acceptors (Lipinski definition) is 6. The molecule has 170 valence electrons. The fourth-order valence-corrected chi connectivity index (χ4v) is 4.82. The molecule has 8 heteroatoms. The molecule has 4 aromatic rings. The first-order valence-corrected chi connectivity index (χ1v) is 11.1. The second kappa shape index (κ2) is 7.81. The van der Waals surface area contributed by atoms with Gasteiger partial charge in [0, 0.05) is 61.9 Å². The molecule has 1 aromatic carbocycles. The van der Waals surface area contributed by atoms with E-state index in [4.69, 9.17) is 0 Å². The molecule has 4 heterocycles. The zero-order valence-electron chi connectivity index (χ0n) is 19.4. The Hall–Kier alpha value is -3.52. The van der Waals surface area contributed by atoms with Crippen LogP contribution < -0.4 is 4.90 Å². The number of likely N-dealkylation sites (N-methyl/N-ethyl adjacent to an activating group) is 1. The topological polar surface area (TPSA) is 87.4 Å². The lowest BCUT2D eigenvalue weighted by Crippen LogP contribution is -2.45. The smallest absolute Gasteiger partial charge is 0.253 e. The van der Waals surface area contributed by atoms with E-state index >= 15 is 0 Å². The van der Waals surface area contributed by atoms with Gasteiger partial charge in [0.15, 0.2) is 0 Å². The summed E-state index contributed by atoms with van der Waals surface area (Å²) in [5, 5.41) is 12.3. The molecule has 1 aliphatic heterocycles. The number of carbonyl (C=O) groups excluding carboxylic acids is 1. The molecule has 0 spiro atoms. The van der Waals surface area contributed by atoms with Crippen LogP contribution in [0.2, 0.25) is 0 Å². The van der Waals surface area contributed by atoms with Gasteiger partial charge in [0.25, 0.3) is 5.91 Å². The van der Waals surface area contributed by atoms with Crippen LogP contribution in [-0.4, -0.2) is 67.7 Å². The summed E-state index contributed by atoms with van der Waals surface area (Å²) in [6, 6.07) is 9.51. The molecule has 1 aliphatic rings. The molecular formula is C25H28N6O2. The van der Waals surface area contributed by atoms with Crippen LogP contribution in [0.25, 0.3) is 21.9 Å². The first kappa shape index (κ1) is 21.3. The minimum Gasteiger partial charge on any atom is -0.386 e. The van der Waals surface area contributed by atoms with Crippen LogP contribution in [0.4, 0.5) is 5.69 Å². The summed E-state index contributed by atoms with van der Waals surface area (Å²) in [5.74, 6) is 0.777. The van der Waals surface area contributed by atoms with Crippen molar-refractivity contribution in [3.05, 3.63) is 59.8 Å². The maximum absolute atomic E-state index is 13.1. The Labute approximate surface area is 192 Å². The number of carbonyl (C=O) groups is 1. The Balaban J connectivity index is 1.34. The van der Waals surface area contributed by atoms with Crippen molar-refractivity contribution in [1.29, 1.82) is 0 Å². The van der Waals surface area contributed by atoms with Gasteiger partial charge in [0.2, 0.25) is 0 Å². The average molecular weight is 445 g/mol. The Bertz CT molecular complexity index is 1380. The van der Waals surface area contributed by atoms with Crippen molar-refractivity contribution in [1.82, 2.24) is 24.4 Å². The Kier molecular flexibility index (Phi) is 5.05. The molecule has 1 atom stereocenters. The first-order chi connectivity index (χ1) is 15.7. The largest absolute Gasteiger partial charge is 0.386 e. The van der Waals surface area contributed by atoms with E-state index in [9.17, 15) is 9.90 Å². The lowest BCUT2D eigenvalue weighted by atomic mass is 10.0. The van der Waals surface area contributed by atoms with Gasteiger partial charge in [-0.15, -0.1) is 0 Å². The number of aromatic nitrogens is 4. The van der Waals surface area contributed by atoms with Gasteiger partial charge in [0.05, 0.1) is 23.1 Å². The van der Waals surface area contributed by atoms with Gasteiger partial charge in [-0.25, -0.2) is 4.98 Å². The van der Waals surface area contributed by atoms with Crippen LogP contribution in [0.15, 0.2) is 42.7 Å². The highest BCUT2D eigenvalue weighted by molar-refractivity contribution is 5.97. The summed E-state index contributed by atoms with van der Waals surface area (Å²) in [4.78, 5) is 30.3. The highest BCUT2D eigenvalue weighted by Gasteiger charge is 2.38. The molecule has 1 saturated heterocycles. The van der Waals surface area contributed by atoms with Crippen LogP contribution in [0.5, 0.6) is 0 Å². The van der Waals surface area contributed by atoms with Crippen LogP contribution >= 0.6 is 0 Å². The molecular weight excluding hydrogens is 416 g/mol. The van der Waals surface area contributed by atoms with Crippen molar-refractivity contribution in [3.8, 4) is 0 Å². The Morgan fingerprint density at radius 2 is 2.00 bits per heavy atom. The average Bonchev–Trinajstić information content (AvgIpc) is 3.31. The molecule has 1 amide bonds. The molecule has 0 radical (unpaired) electrons. The second-order valence-corrected chi connectivity index (χ2v) is 9.15. The third-order valence-electron chi connectivity index (χ3n) is 6.62. The number of benzene rings is 1. The highest BCUT2D eigenvalue weighted by atomic mass is 16.3. The second-order valence-electron chi connectivity index (χ2n) is 9.15. The minimum atomic E-state index is -0.998. The van der Waals surface area contributed by atoms with E-state index in [-0.39, 0.29) is 12.5 Å². The lowest BCUT2D eigenvalue weighted by molar-refractivity contribution is 0.0265. The first-order valence-electron chi connectivity index (χ1n) is 11.1. The summed E-state index contributed by atoms with van der Waals surface area (Å²) in [6.07, 6.45) is 4.13. The number of rotatable bonds is 4. The molecule has 5 rings (SSSR count). The fraction of sp³-hybridized carbons (Fsp3) is 0.360. The number of amides is 1. The summed E-state index contributed by atoms with van der Waals surface area (Å²) >= 11 is 0. The normalized spacial score (nSPS) is 18.4. The SMILES string of the molecule is Cc1cc(N2CCC(O)(CN(C)C(=O)c3ccc4c(c3)nc(C)n4C)C2)c2cnccc2n1. The minimum absolute atomic E-state index is 0.124. The van der Waals surface area contributed by atoms with Crippen LogP contribution in [0.3, 0.4) is 0 Å². The number of anilines is 1. The number of aliphatic hydroxyl groups is 1. The fourth-order valence-electron chi connectivity index (χ4n) is 4.82. The summed E-state index contributed by atoms with van der Waals surface area (Å²) in [7, 11) is 3.70. The Morgan fingerprint density at radius 1 is 1.18 bits per heavy atom. The van der Waals surface area contributed by atoms with Crippen molar-refractivity contribution in [2.24, 2.45) is 7.05 Å². The maximum atomic E-state index is 13.1. The highest BCUT2D eigenvalue weighted by Crippen LogP contribution is 2.32. The molecule has 1 unspecified atom stereocenters. The molecule has 8 nitrogen and oxygen atoms in total. The molecule has 0 saturated carbocycles. The number of imidazole rings is 1. The molecule has 0 bridgehead atoms. The van der Waals surface area contributed by atoms with E-state index in [1.165, 1.54) is 0 Å². The number of hydrogen-bond donors (Lipinski definition) is 1. The number of β-amino-alcohol motifs (C(OH)–C–C–N with tert-alkyl or cyclic N) is 1. The van der Waals surface area contributed by atoms with Crippen LogP contribution in [0.1, 0.15) is 28.3 Å². The number of pyridine rings is 2.